The second-order valence-corrected chi connectivity index (χ2v) is 6.11. The lowest BCUT2D eigenvalue weighted by Gasteiger charge is -2.23. The maximum absolute atomic E-state index is 9.32. The molecule has 2 heterocycles. The first-order valence-electron chi connectivity index (χ1n) is 7.02. The summed E-state index contributed by atoms with van der Waals surface area (Å²) in [6.07, 6.45) is 8.45. The van der Waals surface area contributed by atoms with Crippen LogP contribution in [0.1, 0.15) is 34.5 Å². The third-order valence-electron chi connectivity index (χ3n) is 3.27. The number of hydrogen-bond acceptors (Lipinski definition) is 5. The van der Waals surface area contributed by atoms with Gasteiger partial charge in [-0.15, -0.1) is 11.8 Å². The molecule has 0 aliphatic rings. The van der Waals surface area contributed by atoms with Gasteiger partial charge in [0.05, 0.1) is 0 Å². The molecule has 0 radical (unpaired) electrons. The maximum Gasteiger partial charge on any atom is 0.0444 e. The number of aromatic nitrogens is 2. The summed E-state index contributed by atoms with van der Waals surface area (Å²) in [5.41, 5.74) is 2.31. The van der Waals surface area contributed by atoms with E-state index in [1.807, 2.05) is 24.3 Å². The Morgan fingerprint density at radius 2 is 1.14 bits per heavy atom. The molecule has 2 atom stereocenters. The van der Waals surface area contributed by atoms with Crippen LogP contribution >= 0.6 is 11.8 Å². The van der Waals surface area contributed by atoms with Gasteiger partial charge in [0.2, 0.25) is 0 Å². The van der Waals surface area contributed by atoms with E-state index >= 15 is 0 Å². The van der Waals surface area contributed by atoms with Crippen molar-refractivity contribution < 1.29 is 10.2 Å². The molecule has 2 unspecified atom stereocenters. The van der Waals surface area contributed by atoms with Gasteiger partial charge < -0.3 is 10.2 Å². The van der Waals surface area contributed by atoms with E-state index < -0.39 is 0 Å². The molecule has 0 fully saturated rings. The molecule has 112 valence electrons. The van der Waals surface area contributed by atoms with Crippen LogP contribution in [0.5, 0.6) is 0 Å². The van der Waals surface area contributed by atoms with Crippen LogP contribution in [-0.4, -0.2) is 33.4 Å². The highest BCUT2D eigenvalue weighted by Gasteiger charge is 2.19. The second kappa shape index (κ2) is 8.77. The molecular formula is C16H20N2O2S. The fourth-order valence-electron chi connectivity index (χ4n) is 2.22. The monoisotopic (exact) mass is 304 g/mol. The minimum Gasteiger partial charge on any atom is -0.396 e. The van der Waals surface area contributed by atoms with Crippen molar-refractivity contribution in [2.24, 2.45) is 0 Å². The molecule has 21 heavy (non-hydrogen) atoms. The van der Waals surface area contributed by atoms with Crippen LogP contribution < -0.4 is 0 Å². The lowest BCUT2D eigenvalue weighted by molar-refractivity contribution is 0.284. The Kier molecular flexibility index (Phi) is 6.66. The number of pyridine rings is 2. The van der Waals surface area contributed by atoms with Gasteiger partial charge in [0.25, 0.3) is 0 Å². The Hall–Kier alpha value is -1.43. The molecule has 0 aromatic carbocycles. The maximum atomic E-state index is 9.32. The lowest BCUT2D eigenvalue weighted by atomic mass is 10.1. The minimum absolute atomic E-state index is 0.141. The van der Waals surface area contributed by atoms with Gasteiger partial charge in [-0.1, -0.05) is 0 Å². The van der Waals surface area contributed by atoms with Gasteiger partial charge >= 0.3 is 0 Å². The lowest BCUT2D eigenvalue weighted by Crippen LogP contribution is -2.04. The first-order valence-corrected chi connectivity index (χ1v) is 7.96. The molecule has 5 heteroatoms. The van der Waals surface area contributed by atoms with Crippen molar-refractivity contribution >= 4 is 11.8 Å². The van der Waals surface area contributed by atoms with Gasteiger partial charge in [-0.3, -0.25) is 9.97 Å². The van der Waals surface area contributed by atoms with E-state index in [1.54, 1.807) is 36.5 Å². The molecule has 2 N–H and O–H groups in total. The highest BCUT2D eigenvalue weighted by molar-refractivity contribution is 7.99. The van der Waals surface area contributed by atoms with E-state index in [0.29, 0.717) is 12.8 Å². The van der Waals surface area contributed by atoms with Crippen LogP contribution in [0.15, 0.2) is 49.1 Å². The van der Waals surface area contributed by atoms with Crippen LogP contribution in [0.3, 0.4) is 0 Å². The van der Waals surface area contributed by atoms with Crippen molar-refractivity contribution in [2.45, 2.75) is 23.3 Å². The fraction of sp³-hybridized carbons (Fsp3) is 0.375. The van der Waals surface area contributed by atoms with Gasteiger partial charge in [0.15, 0.2) is 0 Å². The normalized spacial score (nSPS) is 13.8. The van der Waals surface area contributed by atoms with Gasteiger partial charge in [-0.2, -0.15) is 0 Å². The molecule has 0 bridgehead atoms. The number of aliphatic hydroxyl groups excluding tert-OH is 2. The smallest absolute Gasteiger partial charge is 0.0444 e. The Labute approximate surface area is 129 Å². The third-order valence-corrected chi connectivity index (χ3v) is 4.94. The van der Waals surface area contributed by atoms with Gasteiger partial charge in [-0.05, 0) is 48.2 Å². The fourth-order valence-corrected chi connectivity index (χ4v) is 3.72. The van der Waals surface area contributed by atoms with E-state index in [-0.39, 0.29) is 23.7 Å². The van der Waals surface area contributed by atoms with Crippen LogP contribution in [0.4, 0.5) is 0 Å². The molecule has 2 rings (SSSR count). The zero-order valence-electron chi connectivity index (χ0n) is 11.8. The van der Waals surface area contributed by atoms with E-state index in [9.17, 15) is 10.2 Å². The summed E-state index contributed by atoms with van der Waals surface area (Å²) in [6, 6.07) is 7.93. The second-order valence-electron chi connectivity index (χ2n) is 4.70. The summed E-state index contributed by atoms with van der Waals surface area (Å²) in [5, 5.41) is 19.0. The molecule has 2 aromatic rings. The summed E-state index contributed by atoms with van der Waals surface area (Å²) in [6.45, 7) is 0.282. The SMILES string of the molecule is OCCC(SC(CCO)c1ccncc1)c1ccncc1. The van der Waals surface area contributed by atoms with Gasteiger partial charge in [-0.25, -0.2) is 0 Å². The van der Waals surface area contributed by atoms with Gasteiger partial charge in [0.1, 0.15) is 0 Å². The van der Waals surface area contributed by atoms with Gasteiger partial charge in [0, 0.05) is 48.5 Å². The predicted molar refractivity (Wildman–Crippen MR) is 85.0 cm³/mol. The molecule has 0 saturated carbocycles. The van der Waals surface area contributed by atoms with Crippen LogP contribution in [0.25, 0.3) is 0 Å². The van der Waals surface area contributed by atoms with Crippen molar-refractivity contribution in [3.63, 3.8) is 0 Å². The highest BCUT2D eigenvalue weighted by atomic mass is 32.2. The van der Waals surface area contributed by atoms with Crippen LogP contribution in [-0.2, 0) is 0 Å². The average molecular weight is 304 g/mol. The van der Waals surface area contributed by atoms with Crippen molar-refractivity contribution in [1.29, 1.82) is 0 Å². The zero-order valence-corrected chi connectivity index (χ0v) is 12.6. The standard InChI is InChI=1S/C16H20N2O2S/c19-11-5-15(13-1-7-17-8-2-13)21-16(6-12-20)14-3-9-18-10-4-14/h1-4,7-10,15-16,19-20H,5-6,11-12H2. The summed E-state index contributed by atoms with van der Waals surface area (Å²) in [5.74, 6) is 0. The Balaban J connectivity index is 2.16. The number of nitrogens with zero attached hydrogens (tertiary/aromatic N) is 2. The molecule has 0 amide bonds. The predicted octanol–water partition coefficient (Wildman–Crippen LogP) is 2.76. The molecule has 0 aliphatic carbocycles. The molecular weight excluding hydrogens is 284 g/mol. The van der Waals surface area contributed by atoms with E-state index in [1.165, 1.54) is 0 Å². The van der Waals surface area contributed by atoms with E-state index in [2.05, 4.69) is 9.97 Å². The van der Waals surface area contributed by atoms with Crippen molar-refractivity contribution in [3.05, 3.63) is 60.2 Å². The van der Waals surface area contributed by atoms with Crippen molar-refractivity contribution in [3.8, 4) is 0 Å². The molecule has 0 aliphatic heterocycles. The van der Waals surface area contributed by atoms with Crippen molar-refractivity contribution in [2.75, 3.05) is 13.2 Å². The van der Waals surface area contributed by atoms with Crippen LogP contribution in [0, 0.1) is 0 Å². The average Bonchev–Trinajstić information content (AvgIpc) is 2.55. The quantitative estimate of drug-likeness (QED) is 0.785. The first kappa shape index (κ1) is 15.9. The van der Waals surface area contributed by atoms with E-state index in [4.69, 9.17) is 0 Å². The molecule has 4 nitrogen and oxygen atoms in total. The zero-order chi connectivity index (χ0) is 14.9. The van der Waals surface area contributed by atoms with Crippen LogP contribution in [0.2, 0.25) is 0 Å². The minimum atomic E-state index is 0.141. The number of thioether (sulfide) groups is 1. The topological polar surface area (TPSA) is 66.2 Å². The largest absolute Gasteiger partial charge is 0.396 e. The molecule has 0 saturated heterocycles. The summed E-state index contributed by atoms with van der Waals surface area (Å²) >= 11 is 1.77. The molecule has 2 aromatic heterocycles. The Bertz CT molecular complexity index is 463. The Morgan fingerprint density at radius 1 is 0.762 bits per heavy atom. The number of rotatable bonds is 8. The first-order chi connectivity index (χ1) is 10.3. The highest BCUT2D eigenvalue weighted by Crippen LogP contribution is 2.43. The third kappa shape index (κ3) is 4.81. The summed E-state index contributed by atoms with van der Waals surface area (Å²) in [4.78, 5) is 8.08. The van der Waals surface area contributed by atoms with E-state index in [0.717, 1.165) is 11.1 Å². The van der Waals surface area contributed by atoms with Crippen molar-refractivity contribution in [1.82, 2.24) is 9.97 Å². The summed E-state index contributed by atoms with van der Waals surface area (Å²) < 4.78 is 0. The molecule has 0 spiro atoms. The summed E-state index contributed by atoms with van der Waals surface area (Å²) in [7, 11) is 0. The number of aliphatic hydroxyl groups is 2. The number of hydrogen-bond donors (Lipinski definition) is 2. The Morgan fingerprint density at radius 3 is 1.48 bits per heavy atom.